The van der Waals surface area contributed by atoms with Gasteiger partial charge in [0.1, 0.15) is 11.5 Å². The largest absolute Gasteiger partial charge is 0.497 e. The summed E-state index contributed by atoms with van der Waals surface area (Å²) in [6, 6.07) is 9.45. The van der Waals surface area contributed by atoms with Crippen LogP contribution >= 0.6 is 0 Å². The van der Waals surface area contributed by atoms with E-state index in [1.165, 1.54) is 26.4 Å². The summed E-state index contributed by atoms with van der Waals surface area (Å²) in [6.07, 6.45) is 0. The van der Waals surface area contributed by atoms with E-state index in [0.717, 1.165) is 0 Å². The fourth-order valence-corrected chi connectivity index (χ4v) is 2.29. The number of hydrogen-bond acceptors (Lipinski definition) is 7. The van der Waals surface area contributed by atoms with Gasteiger partial charge in [-0.15, -0.1) is 0 Å². The summed E-state index contributed by atoms with van der Waals surface area (Å²) in [4.78, 5) is 24.4. The highest BCUT2D eigenvalue weighted by Crippen LogP contribution is 2.32. The van der Waals surface area contributed by atoms with Crippen LogP contribution in [0.4, 0.5) is 0 Å². The minimum absolute atomic E-state index is 0.125. The molecule has 0 spiro atoms. The Morgan fingerprint density at radius 2 is 1.60 bits per heavy atom. The van der Waals surface area contributed by atoms with Crippen molar-refractivity contribution in [3.63, 3.8) is 0 Å². The fourth-order valence-electron chi connectivity index (χ4n) is 2.29. The Morgan fingerprint density at radius 3 is 2.28 bits per heavy atom. The van der Waals surface area contributed by atoms with Gasteiger partial charge in [-0.05, 0) is 30.3 Å². The average Bonchev–Trinajstić information content (AvgIpc) is 3.12. The molecule has 0 N–H and O–H groups in total. The van der Waals surface area contributed by atoms with Gasteiger partial charge in [0.2, 0.25) is 6.79 Å². The first-order valence-electron chi connectivity index (χ1n) is 7.44. The Hall–Kier alpha value is -3.22. The monoisotopic (exact) mass is 344 g/mol. The molecule has 0 fully saturated rings. The lowest BCUT2D eigenvalue weighted by molar-refractivity contribution is 0.0474. The summed E-state index contributed by atoms with van der Waals surface area (Å²) < 4.78 is 25.7. The molecule has 7 heteroatoms. The van der Waals surface area contributed by atoms with Gasteiger partial charge in [-0.2, -0.15) is 0 Å². The van der Waals surface area contributed by atoms with Crippen LogP contribution in [0.2, 0.25) is 0 Å². The molecular weight excluding hydrogens is 328 g/mol. The minimum atomic E-state index is -0.647. The van der Waals surface area contributed by atoms with Gasteiger partial charge in [0.15, 0.2) is 23.9 Å². The number of Topliss-reactive ketones (excluding diaryl/α,β-unsaturated/α-hetero) is 1. The van der Waals surface area contributed by atoms with E-state index in [9.17, 15) is 9.59 Å². The number of carbonyl (C=O) groups excluding carboxylic acids is 2. The molecule has 1 aliphatic heterocycles. The van der Waals surface area contributed by atoms with E-state index in [2.05, 4.69) is 0 Å². The van der Waals surface area contributed by atoms with E-state index >= 15 is 0 Å². The molecule has 2 aromatic carbocycles. The third-order valence-electron chi connectivity index (χ3n) is 3.62. The number of fused-ring (bicyclic) bond motifs is 1. The van der Waals surface area contributed by atoms with Gasteiger partial charge < -0.3 is 23.7 Å². The molecule has 0 saturated heterocycles. The number of benzene rings is 2. The molecule has 0 radical (unpaired) electrons. The highest BCUT2D eigenvalue weighted by Gasteiger charge is 2.18. The molecule has 1 heterocycles. The number of methoxy groups -OCH3 is 2. The van der Waals surface area contributed by atoms with E-state index < -0.39 is 12.6 Å². The van der Waals surface area contributed by atoms with Crippen molar-refractivity contribution in [2.75, 3.05) is 27.6 Å². The van der Waals surface area contributed by atoms with E-state index in [-0.39, 0.29) is 18.1 Å². The standard InChI is InChI=1S/C18H16O7/c1-21-13-5-12(6-14(8-13)22-2)18(20)23-9-15(19)11-3-4-16-17(7-11)25-10-24-16/h3-8H,9-10H2,1-2H3. The molecule has 0 bridgehead atoms. The Labute approximate surface area is 144 Å². The molecule has 130 valence electrons. The quantitative estimate of drug-likeness (QED) is 0.588. The molecule has 0 amide bonds. The van der Waals surface area contributed by atoms with Crippen molar-refractivity contribution >= 4 is 11.8 Å². The Balaban J connectivity index is 1.67. The zero-order valence-electron chi connectivity index (χ0n) is 13.7. The summed E-state index contributed by atoms with van der Waals surface area (Å²) in [6.45, 7) is -0.266. The predicted octanol–water partition coefficient (Wildman–Crippen LogP) is 2.47. The lowest BCUT2D eigenvalue weighted by Crippen LogP contribution is -2.14. The average molecular weight is 344 g/mol. The maximum absolute atomic E-state index is 12.2. The number of hydrogen-bond donors (Lipinski definition) is 0. The fraction of sp³-hybridized carbons (Fsp3) is 0.222. The highest BCUT2D eigenvalue weighted by atomic mass is 16.7. The summed E-state index contributed by atoms with van der Waals surface area (Å²) in [5.74, 6) is 0.987. The lowest BCUT2D eigenvalue weighted by atomic mass is 10.1. The maximum Gasteiger partial charge on any atom is 0.338 e. The Kier molecular flexibility index (Phi) is 4.74. The zero-order valence-corrected chi connectivity index (χ0v) is 13.7. The summed E-state index contributed by atoms with van der Waals surface area (Å²) >= 11 is 0. The van der Waals surface area contributed by atoms with Crippen molar-refractivity contribution in [3.8, 4) is 23.0 Å². The molecule has 0 aliphatic carbocycles. The minimum Gasteiger partial charge on any atom is -0.497 e. The molecule has 0 unspecified atom stereocenters. The van der Waals surface area contributed by atoms with E-state index in [1.807, 2.05) is 0 Å². The van der Waals surface area contributed by atoms with Gasteiger partial charge in [0.05, 0.1) is 19.8 Å². The van der Waals surface area contributed by atoms with Gasteiger partial charge in [-0.1, -0.05) is 0 Å². The molecule has 25 heavy (non-hydrogen) atoms. The number of ether oxygens (including phenoxy) is 5. The van der Waals surface area contributed by atoms with Crippen LogP contribution in [0.25, 0.3) is 0 Å². The van der Waals surface area contributed by atoms with Gasteiger partial charge in [0, 0.05) is 11.6 Å². The second-order valence-electron chi connectivity index (χ2n) is 5.17. The highest BCUT2D eigenvalue weighted by molar-refractivity contribution is 6.00. The summed E-state index contributed by atoms with van der Waals surface area (Å²) in [7, 11) is 2.96. The van der Waals surface area contributed by atoms with Crippen LogP contribution in [0.3, 0.4) is 0 Å². The molecule has 7 nitrogen and oxygen atoms in total. The van der Waals surface area contributed by atoms with Crippen LogP contribution < -0.4 is 18.9 Å². The van der Waals surface area contributed by atoms with Crippen molar-refractivity contribution in [2.24, 2.45) is 0 Å². The number of carbonyl (C=O) groups is 2. The van der Waals surface area contributed by atoms with Crippen LogP contribution in [0, 0.1) is 0 Å². The van der Waals surface area contributed by atoms with Crippen LogP contribution in [-0.4, -0.2) is 39.4 Å². The molecule has 3 rings (SSSR count). The predicted molar refractivity (Wildman–Crippen MR) is 86.7 cm³/mol. The zero-order chi connectivity index (χ0) is 17.8. The van der Waals surface area contributed by atoms with Crippen LogP contribution in [0.15, 0.2) is 36.4 Å². The van der Waals surface area contributed by atoms with Crippen LogP contribution in [0.5, 0.6) is 23.0 Å². The Bertz CT molecular complexity index is 791. The van der Waals surface area contributed by atoms with Gasteiger partial charge in [0.25, 0.3) is 0 Å². The first-order chi connectivity index (χ1) is 12.1. The number of ketones is 1. The molecule has 1 aliphatic rings. The molecule has 2 aromatic rings. The smallest absolute Gasteiger partial charge is 0.338 e. The third-order valence-corrected chi connectivity index (χ3v) is 3.62. The molecule has 0 aromatic heterocycles. The van der Waals surface area contributed by atoms with Crippen molar-refractivity contribution < 1.29 is 33.3 Å². The van der Waals surface area contributed by atoms with Crippen molar-refractivity contribution in [1.82, 2.24) is 0 Å². The lowest BCUT2D eigenvalue weighted by Gasteiger charge is -2.09. The van der Waals surface area contributed by atoms with Crippen LogP contribution in [-0.2, 0) is 4.74 Å². The van der Waals surface area contributed by atoms with E-state index in [0.29, 0.717) is 28.6 Å². The van der Waals surface area contributed by atoms with Crippen molar-refractivity contribution in [1.29, 1.82) is 0 Å². The molecule has 0 saturated carbocycles. The second-order valence-corrected chi connectivity index (χ2v) is 5.17. The molecule has 0 atom stereocenters. The van der Waals surface area contributed by atoms with Crippen molar-refractivity contribution in [2.45, 2.75) is 0 Å². The third kappa shape index (κ3) is 3.65. The van der Waals surface area contributed by atoms with E-state index in [4.69, 9.17) is 23.7 Å². The van der Waals surface area contributed by atoms with Crippen molar-refractivity contribution in [3.05, 3.63) is 47.5 Å². The van der Waals surface area contributed by atoms with E-state index in [1.54, 1.807) is 24.3 Å². The maximum atomic E-state index is 12.2. The summed E-state index contributed by atoms with van der Waals surface area (Å²) in [5, 5.41) is 0. The Morgan fingerprint density at radius 1 is 0.920 bits per heavy atom. The van der Waals surface area contributed by atoms with Gasteiger partial charge >= 0.3 is 5.97 Å². The number of esters is 1. The first kappa shape index (κ1) is 16.6. The topological polar surface area (TPSA) is 80.3 Å². The normalized spacial score (nSPS) is 11.8. The van der Waals surface area contributed by atoms with Gasteiger partial charge in [-0.3, -0.25) is 4.79 Å². The SMILES string of the molecule is COc1cc(OC)cc(C(=O)OCC(=O)c2ccc3c(c2)OCO3)c1. The number of rotatable bonds is 6. The summed E-state index contributed by atoms with van der Waals surface area (Å²) in [5.41, 5.74) is 0.606. The first-order valence-corrected chi connectivity index (χ1v) is 7.44. The van der Waals surface area contributed by atoms with Crippen LogP contribution in [0.1, 0.15) is 20.7 Å². The second kappa shape index (κ2) is 7.12. The molecular formula is C18H16O7. The van der Waals surface area contributed by atoms with Gasteiger partial charge in [-0.25, -0.2) is 4.79 Å².